The molecule has 0 spiro atoms. The average Bonchev–Trinajstić information content (AvgIpc) is 3.15. The normalized spacial score (nSPS) is 17.4. The van der Waals surface area contributed by atoms with Crippen LogP contribution in [0, 0.1) is 0 Å². The second-order valence-electron chi connectivity index (χ2n) is 6.65. The Bertz CT molecular complexity index is 807. The third-order valence-corrected chi connectivity index (χ3v) is 5.01. The van der Waals surface area contributed by atoms with Crippen LogP contribution in [-0.2, 0) is 6.42 Å². The molecular weight excluding hydrogens is 308 g/mol. The van der Waals surface area contributed by atoms with Crippen LogP contribution >= 0.6 is 0 Å². The molecule has 128 valence electrons. The number of rotatable bonds is 5. The van der Waals surface area contributed by atoms with Crippen molar-refractivity contribution in [2.75, 3.05) is 13.1 Å². The molecule has 1 aliphatic rings. The highest BCUT2D eigenvalue weighted by Gasteiger charge is 2.30. The zero-order valence-corrected chi connectivity index (χ0v) is 14.7. The third-order valence-electron chi connectivity index (χ3n) is 5.01. The fraction of sp³-hybridized carbons (Fsp3) is 0.333. The fourth-order valence-electron chi connectivity index (χ4n) is 3.67. The van der Waals surface area contributed by atoms with Gasteiger partial charge in [0, 0.05) is 30.4 Å². The molecule has 1 aliphatic heterocycles. The topological polar surface area (TPSA) is 44.8 Å². The molecule has 4 heteroatoms. The summed E-state index contributed by atoms with van der Waals surface area (Å²) in [7, 11) is 0. The van der Waals surface area contributed by atoms with Crippen molar-refractivity contribution in [2.45, 2.75) is 32.2 Å². The molecule has 0 radical (unpaired) electrons. The maximum Gasteiger partial charge on any atom is 0.0926 e. The lowest BCUT2D eigenvalue weighted by atomic mass is 9.94. The number of hydrogen-bond donors (Lipinski definition) is 1. The van der Waals surface area contributed by atoms with E-state index in [1.807, 2.05) is 24.7 Å². The van der Waals surface area contributed by atoms with Crippen molar-refractivity contribution in [1.29, 1.82) is 0 Å². The van der Waals surface area contributed by atoms with Gasteiger partial charge in [-0.3, -0.25) is 9.88 Å². The van der Waals surface area contributed by atoms with Gasteiger partial charge in [-0.2, -0.15) is 0 Å². The number of aromatic amines is 1. The molecule has 25 heavy (non-hydrogen) atoms. The molecule has 0 saturated carbocycles. The Morgan fingerprint density at radius 1 is 1.12 bits per heavy atom. The van der Waals surface area contributed by atoms with Crippen LogP contribution in [0.1, 0.15) is 42.8 Å². The summed E-state index contributed by atoms with van der Waals surface area (Å²) in [5.74, 6) is 0. The number of H-pyrrole nitrogens is 1. The van der Waals surface area contributed by atoms with Crippen LogP contribution in [0.4, 0.5) is 0 Å². The standard InChI is InChI=1S/C21H24N4/c1-2-3-13-25-14-11-19-20(24-15-23-19)21(25)17-9-7-16(8-10-17)18-6-4-5-12-22-18/h4-10,12,15,21H,2-3,11,13-14H2,1H3,(H,23,24). The number of nitrogens with one attached hydrogen (secondary N) is 1. The van der Waals surface area contributed by atoms with E-state index < -0.39 is 0 Å². The summed E-state index contributed by atoms with van der Waals surface area (Å²) in [5.41, 5.74) is 5.95. The van der Waals surface area contributed by atoms with E-state index in [0.717, 1.165) is 30.8 Å². The predicted octanol–water partition coefficient (Wildman–Crippen LogP) is 4.22. The van der Waals surface area contributed by atoms with Crippen LogP contribution in [-0.4, -0.2) is 32.9 Å². The minimum atomic E-state index is 0.249. The first-order chi connectivity index (χ1) is 12.4. The van der Waals surface area contributed by atoms with Crippen molar-refractivity contribution >= 4 is 0 Å². The number of benzene rings is 1. The molecule has 0 saturated heterocycles. The smallest absolute Gasteiger partial charge is 0.0926 e. The van der Waals surface area contributed by atoms with Gasteiger partial charge in [-0.25, -0.2) is 4.98 Å². The van der Waals surface area contributed by atoms with Crippen LogP contribution in [0.25, 0.3) is 11.3 Å². The Balaban J connectivity index is 1.66. The monoisotopic (exact) mass is 332 g/mol. The van der Waals surface area contributed by atoms with Gasteiger partial charge >= 0.3 is 0 Å². The molecule has 2 aromatic heterocycles. The van der Waals surface area contributed by atoms with E-state index >= 15 is 0 Å². The number of unbranched alkanes of at least 4 members (excludes halogenated alkanes) is 1. The molecule has 0 bridgehead atoms. The van der Waals surface area contributed by atoms with Crippen molar-refractivity contribution in [3.63, 3.8) is 0 Å². The second-order valence-corrected chi connectivity index (χ2v) is 6.65. The molecule has 1 N–H and O–H groups in total. The fourth-order valence-corrected chi connectivity index (χ4v) is 3.67. The van der Waals surface area contributed by atoms with Gasteiger partial charge in [-0.05, 0) is 30.7 Å². The van der Waals surface area contributed by atoms with Crippen LogP contribution < -0.4 is 0 Å². The summed E-state index contributed by atoms with van der Waals surface area (Å²) in [4.78, 5) is 15.0. The number of aromatic nitrogens is 3. The van der Waals surface area contributed by atoms with Crippen molar-refractivity contribution in [2.24, 2.45) is 0 Å². The van der Waals surface area contributed by atoms with E-state index in [9.17, 15) is 0 Å². The quantitative estimate of drug-likeness (QED) is 0.761. The highest BCUT2D eigenvalue weighted by atomic mass is 15.2. The van der Waals surface area contributed by atoms with Crippen molar-refractivity contribution in [3.05, 3.63) is 71.9 Å². The van der Waals surface area contributed by atoms with Crippen LogP contribution in [0.15, 0.2) is 55.0 Å². The zero-order chi connectivity index (χ0) is 17.1. The molecule has 1 aromatic carbocycles. The van der Waals surface area contributed by atoms with Gasteiger partial charge in [0.05, 0.1) is 23.8 Å². The average molecular weight is 332 g/mol. The van der Waals surface area contributed by atoms with Gasteiger partial charge in [-0.1, -0.05) is 43.7 Å². The molecule has 0 amide bonds. The summed E-state index contributed by atoms with van der Waals surface area (Å²) in [6.07, 6.45) is 7.18. The predicted molar refractivity (Wildman–Crippen MR) is 100 cm³/mol. The van der Waals surface area contributed by atoms with Crippen molar-refractivity contribution < 1.29 is 0 Å². The van der Waals surface area contributed by atoms with Crippen molar-refractivity contribution in [3.8, 4) is 11.3 Å². The Morgan fingerprint density at radius 2 is 2.00 bits per heavy atom. The largest absolute Gasteiger partial charge is 0.348 e. The van der Waals surface area contributed by atoms with Crippen LogP contribution in [0.3, 0.4) is 0 Å². The molecule has 1 unspecified atom stereocenters. The number of pyridine rings is 1. The first kappa shape index (κ1) is 16.0. The molecule has 4 nitrogen and oxygen atoms in total. The summed E-state index contributed by atoms with van der Waals surface area (Å²) in [6, 6.07) is 15.1. The van der Waals surface area contributed by atoms with E-state index in [1.54, 1.807) is 0 Å². The van der Waals surface area contributed by atoms with Gasteiger partial charge < -0.3 is 4.98 Å². The molecule has 0 fully saturated rings. The molecular formula is C21H24N4. The van der Waals surface area contributed by atoms with Crippen LogP contribution in [0.2, 0.25) is 0 Å². The highest BCUT2D eigenvalue weighted by Crippen LogP contribution is 2.34. The Morgan fingerprint density at radius 3 is 2.76 bits per heavy atom. The summed E-state index contributed by atoms with van der Waals surface area (Å²) in [6.45, 7) is 4.46. The first-order valence-electron chi connectivity index (χ1n) is 9.14. The number of hydrogen-bond acceptors (Lipinski definition) is 3. The molecule has 1 atom stereocenters. The van der Waals surface area contributed by atoms with E-state index in [2.05, 4.69) is 57.1 Å². The lowest BCUT2D eigenvalue weighted by Gasteiger charge is -2.35. The zero-order valence-electron chi connectivity index (χ0n) is 14.7. The number of fused-ring (bicyclic) bond motifs is 1. The van der Waals surface area contributed by atoms with Crippen LogP contribution in [0.5, 0.6) is 0 Å². The lowest BCUT2D eigenvalue weighted by molar-refractivity contribution is 0.206. The maximum absolute atomic E-state index is 4.64. The Kier molecular flexibility index (Phi) is 4.61. The minimum absolute atomic E-state index is 0.249. The van der Waals surface area contributed by atoms with Gasteiger partial charge in [0.2, 0.25) is 0 Å². The second kappa shape index (κ2) is 7.19. The molecule has 3 aromatic rings. The molecule has 4 rings (SSSR count). The summed E-state index contributed by atoms with van der Waals surface area (Å²) >= 11 is 0. The third kappa shape index (κ3) is 3.22. The first-order valence-corrected chi connectivity index (χ1v) is 9.14. The molecule has 0 aliphatic carbocycles. The van der Waals surface area contributed by atoms with E-state index in [-0.39, 0.29) is 6.04 Å². The number of imidazole rings is 1. The molecule has 3 heterocycles. The summed E-state index contributed by atoms with van der Waals surface area (Å²) < 4.78 is 0. The lowest BCUT2D eigenvalue weighted by Crippen LogP contribution is -2.36. The minimum Gasteiger partial charge on any atom is -0.348 e. The maximum atomic E-state index is 4.64. The Hall–Kier alpha value is -2.46. The summed E-state index contributed by atoms with van der Waals surface area (Å²) in [5, 5.41) is 0. The highest BCUT2D eigenvalue weighted by molar-refractivity contribution is 5.59. The van der Waals surface area contributed by atoms with Crippen molar-refractivity contribution in [1.82, 2.24) is 19.9 Å². The van der Waals surface area contributed by atoms with E-state index in [1.165, 1.54) is 29.8 Å². The van der Waals surface area contributed by atoms with E-state index in [4.69, 9.17) is 0 Å². The Labute approximate surface area is 149 Å². The van der Waals surface area contributed by atoms with Gasteiger partial charge in [-0.15, -0.1) is 0 Å². The van der Waals surface area contributed by atoms with Gasteiger partial charge in [0.25, 0.3) is 0 Å². The van der Waals surface area contributed by atoms with Gasteiger partial charge in [0.1, 0.15) is 0 Å². The SMILES string of the molecule is CCCCN1CCc2[nH]cnc2C1c1ccc(-c2ccccn2)cc1. The number of nitrogens with zero attached hydrogens (tertiary/aromatic N) is 3. The van der Waals surface area contributed by atoms with Gasteiger partial charge in [0.15, 0.2) is 0 Å². The van der Waals surface area contributed by atoms with E-state index in [0.29, 0.717) is 0 Å².